The Morgan fingerprint density at radius 3 is 1.10 bits per heavy atom. The van der Waals surface area contributed by atoms with Crippen molar-refractivity contribution in [3.8, 4) is 0 Å². The quantitative estimate of drug-likeness (QED) is 0.136. The second-order valence-corrected chi connectivity index (χ2v) is 8.24. The zero-order valence-electron chi connectivity index (χ0n) is 19.5. The number of carbonyl (C=O) groups excluding carboxylic acids is 2. The summed E-state index contributed by atoms with van der Waals surface area (Å²) in [5.74, 6) is -0.248. The summed E-state index contributed by atoms with van der Waals surface area (Å²) >= 11 is 0. The van der Waals surface area contributed by atoms with Crippen molar-refractivity contribution in [1.82, 2.24) is 0 Å². The van der Waals surface area contributed by atoms with Crippen LogP contribution in [0.4, 0.5) is 0 Å². The van der Waals surface area contributed by atoms with Gasteiger partial charge in [0.2, 0.25) is 0 Å². The van der Waals surface area contributed by atoms with E-state index in [1.165, 1.54) is 77.0 Å². The Balaban J connectivity index is 3.29. The highest BCUT2D eigenvalue weighted by atomic mass is 16.5. The van der Waals surface area contributed by atoms with Crippen LogP contribution in [0, 0.1) is 0 Å². The second kappa shape index (κ2) is 23.2. The third kappa shape index (κ3) is 23.1. The lowest BCUT2D eigenvalue weighted by molar-refractivity contribution is -0.146. The van der Waals surface area contributed by atoms with E-state index in [4.69, 9.17) is 9.47 Å². The standard InChI is InChI=1S/C25H48O4/c1-3-5-7-9-11-13-15-17-20-24(26)28-22-19-23-29-25(27)21-18-16-14-12-10-8-6-4-2/h3-23H2,1-2H3. The minimum Gasteiger partial charge on any atom is -0.466 e. The third-order valence-corrected chi connectivity index (χ3v) is 5.28. The van der Waals surface area contributed by atoms with Crippen molar-refractivity contribution in [2.45, 2.75) is 136 Å². The van der Waals surface area contributed by atoms with E-state index in [1.807, 2.05) is 0 Å². The maximum absolute atomic E-state index is 11.7. The average molecular weight is 413 g/mol. The van der Waals surface area contributed by atoms with Gasteiger partial charge in [-0.3, -0.25) is 9.59 Å². The van der Waals surface area contributed by atoms with E-state index >= 15 is 0 Å². The molecular weight excluding hydrogens is 364 g/mol. The first-order valence-electron chi connectivity index (χ1n) is 12.5. The molecule has 0 aromatic rings. The predicted molar refractivity (Wildman–Crippen MR) is 121 cm³/mol. The predicted octanol–water partition coefficient (Wildman–Crippen LogP) is 7.52. The highest BCUT2D eigenvalue weighted by Crippen LogP contribution is 2.11. The van der Waals surface area contributed by atoms with Crippen molar-refractivity contribution < 1.29 is 19.1 Å². The summed E-state index contributed by atoms with van der Waals surface area (Å²) in [4.78, 5) is 23.3. The molecule has 0 amide bonds. The van der Waals surface area contributed by atoms with Gasteiger partial charge in [-0.15, -0.1) is 0 Å². The van der Waals surface area contributed by atoms with Crippen molar-refractivity contribution in [3.63, 3.8) is 0 Å². The van der Waals surface area contributed by atoms with Gasteiger partial charge in [0, 0.05) is 19.3 Å². The van der Waals surface area contributed by atoms with Crippen LogP contribution in [0.15, 0.2) is 0 Å². The summed E-state index contributed by atoms with van der Waals surface area (Å²) in [5.41, 5.74) is 0. The van der Waals surface area contributed by atoms with Crippen molar-refractivity contribution in [2.75, 3.05) is 13.2 Å². The molecular formula is C25H48O4. The molecule has 0 fully saturated rings. The fraction of sp³-hybridized carbons (Fsp3) is 0.920. The van der Waals surface area contributed by atoms with Crippen LogP contribution in [-0.4, -0.2) is 25.2 Å². The lowest BCUT2D eigenvalue weighted by Gasteiger charge is -2.07. The number of hydrogen-bond acceptors (Lipinski definition) is 4. The van der Waals surface area contributed by atoms with Crippen LogP contribution >= 0.6 is 0 Å². The van der Waals surface area contributed by atoms with Crippen LogP contribution in [0.1, 0.15) is 136 Å². The van der Waals surface area contributed by atoms with Gasteiger partial charge in [-0.2, -0.15) is 0 Å². The Hall–Kier alpha value is -1.06. The Bertz CT molecular complexity index is 334. The van der Waals surface area contributed by atoms with Gasteiger partial charge >= 0.3 is 11.9 Å². The summed E-state index contributed by atoms with van der Waals surface area (Å²) in [6.07, 6.45) is 21.2. The van der Waals surface area contributed by atoms with Gasteiger partial charge in [0.1, 0.15) is 0 Å². The van der Waals surface area contributed by atoms with Gasteiger partial charge in [-0.1, -0.05) is 104 Å². The first-order valence-corrected chi connectivity index (χ1v) is 12.5. The van der Waals surface area contributed by atoms with Gasteiger partial charge in [0.25, 0.3) is 0 Å². The molecule has 0 aromatic heterocycles. The minimum absolute atomic E-state index is 0.124. The van der Waals surface area contributed by atoms with Crippen molar-refractivity contribution >= 4 is 11.9 Å². The smallest absolute Gasteiger partial charge is 0.305 e. The van der Waals surface area contributed by atoms with Crippen LogP contribution in [0.2, 0.25) is 0 Å². The molecule has 0 atom stereocenters. The molecule has 0 saturated heterocycles. The molecule has 0 N–H and O–H groups in total. The third-order valence-electron chi connectivity index (χ3n) is 5.28. The molecule has 172 valence electrons. The van der Waals surface area contributed by atoms with Gasteiger partial charge in [-0.05, 0) is 12.8 Å². The van der Waals surface area contributed by atoms with Gasteiger partial charge in [0.15, 0.2) is 0 Å². The highest BCUT2D eigenvalue weighted by Gasteiger charge is 2.05. The molecule has 4 nitrogen and oxygen atoms in total. The lowest BCUT2D eigenvalue weighted by atomic mass is 10.1. The Kier molecular flexibility index (Phi) is 22.4. The average Bonchev–Trinajstić information content (AvgIpc) is 2.71. The molecule has 29 heavy (non-hydrogen) atoms. The van der Waals surface area contributed by atoms with E-state index in [0.717, 1.165) is 25.7 Å². The van der Waals surface area contributed by atoms with Crippen molar-refractivity contribution in [1.29, 1.82) is 0 Å². The van der Waals surface area contributed by atoms with Crippen LogP contribution in [-0.2, 0) is 19.1 Å². The van der Waals surface area contributed by atoms with E-state index in [9.17, 15) is 9.59 Å². The lowest BCUT2D eigenvalue weighted by Crippen LogP contribution is -2.10. The van der Waals surface area contributed by atoms with Crippen molar-refractivity contribution in [3.05, 3.63) is 0 Å². The molecule has 0 spiro atoms. The van der Waals surface area contributed by atoms with Crippen LogP contribution in [0.5, 0.6) is 0 Å². The normalized spacial score (nSPS) is 10.8. The monoisotopic (exact) mass is 412 g/mol. The second-order valence-electron chi connectivity index (χ2n) is 8.24. The summed E-state index contributed by atoms with van der Waals surface area (Å²) in [7, 11) is 0. The zero-order chi connectivity index (χ0) is 21.4. The van der Waals surface area contributed by atoms with Gasteiger partial charge in [0.05, 0.1) is 13.2 Å². The van der Waals surface area contributed by atoms with E-state index in [0.29, 0.717) is 32.5 Å². The molecule has 0 aliphatic heterocycles. The molecule has 0 aliphatic carbocycles. The minimum atomic E-state index is -0.124. The Morgan fingerprint density at radius 2 is 0.759 bits per heavy atom. The Labute approximate surface area is 180 Å². The number of ether oxygens (including phenoxy) is 2. The van der Waals surface area contributed by atoms with E-state index in [1.54, 1.807) is 0 Å². The zero-order valence-corrected chi connectivity index (χ0v) is 19.5. The van der Waals surface area contributed by atoms with Crippen LogP contribution in [0.25, 0.3) is 0 Å². The van der Waals surface area contributed by atoms with E-state index in [-0.39, 0.29) is 11.9 Å². The number of rotatable bonds is 22. The maximum Gasteiger partial charge on any atom is 0.305 e. The summed E-state index contributed by atoms with van der Waals surface area (Å²) in [6.45, 7) is 5.16. The van der Waals surface area contributed by atoms with Gasteiger partial charge in [-0.25, -0.2) is 0 Å². The molecule has 0 heterocycles. The number of unbranched alkanes of at least 4 members (excludes halogenated alkanes) is 14. The van der Waals surface area contributed by atoms with E-state index < -0.39 is 0 Å². The SMILES string of the molecule is CCCCCCCCCCC(=O)OCCCOC(=O)CCCCCCCCCC. The number of esters is 2. The molecule has 4 heteroatoms. The van der Waals surface area contributed by atoms with Crippen molar-refractivity contribution in [2.24, 2.45) is 0 Å². The summed E-state index contributed by atoms with van der Waals surface area (Å²) < 4.78 is 10.4. The fourth-order valence-electron chi connectivity index (χ4n) is 3.38. The molecule has 0 radical (unpaired) electrons. The fourth-order valence-corrected chi connectivity index (χ4v) is 3.38. The summed E-state index contributed by atoms with van der Waals surface area (Å²) in [6, 6.07) is 0. The number of hydrogen-bond donors (Lipinski definition) is 0. The molecule has 0 unspecified atom stereocenters. The molecule has 0 rings (SSSR count). The molecule has 0 aliphatic rings. The Morgan fingerprint density at radius 1 is 0.448 bits per heavy atom. The number of carbonyl (C=O) groups is 2. The molecule has 0 bridgehead atoms. The summed E-state index contributed by atoms with van der Waals surface area (Å²) in [5, 5.41) is 0. The van der Waals surface area contributed by atoms with Crippen LogP contribution in [0.3, 0.4) is 0 Å². The maximum atomic E-state index is 11.7. The largest absolute Gasteiger partial charge is 0.466 e. The highest BCUT2D eigenvalue weighted by molar-refractivity contribution is 5.69. The van der Waals surface area contributed by atoms with E-state index in [2.05, 4.69) is 13.8 Å². The van der Waals surface area contributed by atoms with Crippen LogP contribution < -0.4 is 0 Å². The van der Waals surface area contributed by atoms with Gasteiger partial charge < -0.3 is 9.47 Å². The molecule has 0 aromatic carbocycles. The first kappa shape index (κ1) is 27.9. The first-order chi connectivity index (χ1) is 14.2. The molecule has 0 saturated carbocycles. The topological polar surface area (TPSA) is 52.6 Å².